The minimum Gasteiger partial charge on any atom is -0.309 e. The Morgan fingerprint density at radius 1 is 0.541 bits per heavy atom. The van der Waals surface area contributed by atoms with Crippen LogP contribution in [0.4, 0.5) is 0 Å². The number of hydrogen-bond acceptors (Lipinski definition) is 1. The normalized spacial score (nSPS) is 12.8. The zero-order valence-corrected chi connectivity index (χ0v) is 20.8. The minimum atomic E-state index is 1.03. The lowest BCUT2D eigenvalue weighted by molar-refractivity contribution is 1.20. The van der Waals surface area contributed by atoms with Gasteiger partial charge in [0.15, 0.2) is 0 Å². The highest BCUT2D eigenvalue weighted by molar-refractivity contribution is 7.26. The van der Waals surface area contributed by atoms with Gasteiger partial charge < -0.3 is 4.57 Å². The number of benzene rings is 6. The third kappa shape index (κ3) is 2.58. The van der Waals surface area contributed by atoms with Crippen LogP contribution in [0.15, 0.2) is 115 Å². The first kappa shape index (κ1) is 19.7. The number of aromatic nitrogens is 1. The van der Waals surface area contributed by atoms with Gasteiger partial charge in [-0.1, -0.05) is 84.9 Å². The van der Waals surface area contributed by atoms with Crippen LogP contribution in [0.1, 0.15) is 11.1 Å². The van der Waals surface area contributed by atoms with Crippen molar-refractivity contribution in [3.63, 3.8) is 0 Å². The molecule has 0 atom stereocenters. The molecular formula is C35H21NS. The fraction of sp³-hybridized carbons (Fsp3) is 0.0286. The lowest BCUT2D eigenvalue weighted by Gasteiger charge is -2.11. The standard InChI is InChI=1S/C35H21NS/c1-3-11-24-21(8-1)10-7-15-29(24)36-30-14-6-5-13-26(30)27-19-28-33(20-31(27)36)37-32-17-16-23-18-22-9-2-4-12-25(22)34(23)35(28)32/h1-17,19-20H,18H2. The molecule has 0 saturated heterocycles. The average molecular weight is 488 g/mol. The monoisotopic (exact) mass is 487 g/mol. The van der Waals surface area contributed by atoms with Crippen molar-refractivity contribution in [2.45, 2.75) is 6.42 Å². The quantitative estimate of drug-likeness (QED) is 0.217. The summed E-state index contributed by atoms with van der Waals surface area (Å²) in [6.45, 7) is 0. The van der Waals surface area contributed by atoms with E-state index in [9.17, 15) is 0 Å². The average Bonchev–Trinajstić information content (AvgIpc) is 3.60. The van der Waals surface area contributed by atoms with Crippen molar-refractivity contribution in [3.8, 4) is 16.8 Å². The van der Waals surface area contributed by atoms with Crippen molar-refractivity contribution in [3.05, 3.63) is 126 Å². The molecule has 0 saturated carbocycles. The first-order valence-corrected chi connectivity index (χ1v) is 13.6. The van der Waals surface area contributed by atoms with Gasteiger partial charge in [0.25, 0.3) is 0 Å². The highest BCUT2D eigenvalue weighted by Crippen LogP contribution is 2.48. The van der Waals surface area contributed by atoms with Crippen LogP contribution in [0.2, 0.25) is 0 Å². The predicted octanol–water partition coefficient (Wildman–Crippen LogP) is 9.88. The van der Waals surface area contributed by atoms with Crippen LogP contribution in [-0.4, -0.2) is 4.57 Å². The van der Waals surface area contributed by atoms with Gasteiger partial charge in [-0.3, -0.25) is 0 Å². The fourth-order valence-electron chi connectivity index (χ4n) is 6.61. The summed E-state index contributed by atoms with van der Waals surface area (Å²) in [5.74, 6) is 0. The highest BCUT2D eigenvalue weighted by Gasteiger charge is 2.24. The SMILES string of the molecule is c1ccc2c(c1)Cc1ccc3sc4cc5c(cc4c3c1-2)c1ccccc1n5-c1cccc2ccccc12. The molecule has 0 aliphatic heterocycles. The van der Waals surface area contributed by atoms with Crippen LogP contribution in [0.5, 0.6) is 0 Å². The number of thiophene rings is 1. The van der Waals surface area contributed by atoms with E-state index in [0.29, 0.717) is 0 Å². The number of hydrogen-bond donors (Lipinski definition) is 0. The molecule has 172 valence electrons. The van der Waals surface area contributed by atoms with Crippen LogP contribution in [0.3, 0.4) is 0 Å². The molecule has 1 aliphatic rings. The van der Waals surface area contributed by atoms with Gasteiger partial charge in [-0.15, -0.1) is 11.3 Å². The second-order valence-corrected chi connectivity index (χ2v) is 11.2. The van der Waals surface area contributed by atoms with E-state index in [0.717, 1.165) is 6.42 Å². The first-order valence-electron chi connectivity index (χ1n) is 12.8. The Hall–Kier alpha value is -4.40. The zero-order chi connectivity index (χ0) is 24.1. The Kier molecular flexibility index (Phi) is 3.78. The van der Waals surface area contributed by atoms with Gasteiger partial charge in [0.05, 0.1) is 16.7 Å². The molecule has 0 N–H and O–H groups in total. The van der Waals surface area contributed by atoms with E-state index in [1.54, 1.807) is 0 Å². The molecule has 0 radical (unpaired) electrons. The van der Waals surface area contributed by atoms with E-state index >= 15 is 0 Å². The zero-order valence-electron chi connectivity index (χ0n) is 20.0. The Labute approximate surface area is 217 Å². The second-order valence-electron chi connectivity index (χ2n) is 10.1. The topological polar surface area (TPSA) is 4.93 Å². The van der Waals surface area contributed by atoms with E-state index in [4.69, 9.17) is 0 Å². The molecule has 6 aromatic carbocycles. The van der Waals surface area contributed by atoms with Gasteiger partial charge in [0.2, 0.25) is 0 Å². The summed E-state index contributed by atoms with van der Waals surface area (Å²) in [4.78, 5) is 0. The van der Waals surface area contributed by atoms with E-state index < -0.39 is 0 Å². The lowest BCUT2D eigenvalue weighted by Crippen LogP contribution is -1.94. The van der Waals surface area contributed by atoms with Crippen LogP contribution in [-0.2, 0) is 6.42 Å². The highest BCUT2D eigenvalue weighted by atomic mass is 32.1. The molecule has 9 rings (SSSR count). The van der Waals surface area contributed by atoms with Gasteiger partial charge in [-0.05, 0) is 64.4 Å². The van der Waals surface area contributed by atoms with E-state index in [2.05, 4.69) is 120 Å². The van der Waals surface area contributed by atoms with Crippen molar-refractivity contribution in [2.24, 2.45) is 0 Å². The van der Waals surface area contributed by atoms with E-state index in [-0.39, 0.29) is 0 Å². The van der Waals surface area contributed by atoms with Crippen LogP contribution in [0.25, 0.3) is 69.6 Å². The third-order valence-corrected chi connectivity index (χ3v) is 9.31. The van der Waals surface area contributed by atoms with Gasteiger partial charge >= 0.3 is 0 Å². The fourth-order valence-corrected chi connectivity index (χ4v) is 7.74. The number of para-hydroxylation sites is 1. The number of nitrogens with zero attached hydrogens (tertiary/aromatic N) is 1. The molecule has 2 heterocycles. The summed E-state index contributed by atoms with van der Waals surface area (Å²) in [5.41, 5.74) is 9.50. The smallest absolute Gasteiger partial charge is 0.0555 e. The molecule has 0 amide bonds. The Balaban J connectivity index is 1.44. The number of fused-ring (bicyclic) bond motifs is 11. The minimum absolute atomic E-state index is 1.03. The molecule has 1 aliphatic carbocycles. The Morgan fingerprint density at radius 3 is 2.32 bits per heavy atom. The van der Waals surface area contributed by atoms with Crippen LogP contribution < -0.4 is 0 Å². The lowest BCUT2D eigenvalue weighted by atomic mass is 9.98. The molecule has 37 heavy (non-hydrogen) atoms. The molecule has 0 unspecified atom stereocenters. The molecule has 0 bridgehead atoms. The van der Waals surface area contributed by atoms with Crippen LogP contribution >= 0.6 is 11.3 Å². The Bertz CT molecular complexity index is 2220. The van der Waals surface area contributed by atoms with Crippen LogP contribution in [0, 0.1) is 0 Å². The van der Waals surface area contributed by atoms with Crippen molar-refractivity contribution >= 4 is 64.1 Å². The molecule has 1 nitrogen and oxygen atoms in total. The van der Waals surface area contributed by atoms with Gasteiger partial charge in [0, 0.05) is 36.3 Å². The van der Waals surface area contributed by atoms with Crippen molar-refractivity contribution in [1.82, 2.24) is 4.57 Å². The molecule has 2 heteroatoms. The summed E-state index contributed by atoms with van der Waals surface area (Å²) in [6, 6.07) is 42.7. The summed E-state index contributed by atoms with van der Waals surface area (Å²) < 4.78 is 5.19. The summed E-state index contributed by atoms with van der Waals surface area (Å²) in [7, 11) is 0. The van der Waals surface area contributed by atoms with Crippen molar-refractivity contribution in [2.75, 3.05) is 0 Å². The molecule has 0 spiro atoms. The Morgan fingerprint density at radius 2 is 1.35 bits per heavy atom. The third-order valence-electron chi connectivity index (χ3n) is 8.19. The molecule has 8 aromatic rings. The van der Waals surface area contributed by atoms with Crippen molar-refractivity contribution in [1.29, 1.82) is 0 Å². The van der Waals surface area contributed by atoms with Gasteiger partial charge in [-0.25, -0.2) is 0 Å². The molecule has 0 fully saturated rings. The first-order chi connectivity index (χ1) is 18.3. The van der Waals surface area contributed by atoms with E-state index in [1.807, 2.05) is 11.3 Å². The maximum Gasteiger partial charge on any atom is 0.0555 e. The number of rotatable bonds is 1. The molecular weight excluding hydrogens is 466 g/mol. The maximum absolute atomic E-state index is 2.47. The van der Waals surface area contributed by atoms with Gasteiger partial charge in [-0.2, -0.15) is 0 Å². The van der Waals surface area contributed by atoms with Gasteiger partial charge in [0.1, 0.15) is 0 Å². The predicted molar refractivity (Wildman–Crippen MR) is 159 cm³/mol. The maximum atomic E-state index is 2.47. The molecule has 2 aromatic heterocycles. The van der Waals surface area contributed by atoms with Crippen molar-refractivity contribution < 1.29 is 0 Å². The summed E-state index contributed by atoms with van der Waals surface area (Å²) >= 11 is 1.92. The van der Waals surface area contributed by atoms with E-state index in [1.165, 1.54) is 80.7 Å². The summed E-state index contributed by atoms with van der Waals surface area (Å²) in [6.07, 6.45) is 1.03. The largest absolute Gasteiger partial charge is 0.309 e. The second kappa shape index (κ2) is 7.09. The summed E-state index contributed by atoms with van der Waals surface area (Å²) in [5, 5.41) is 7.97.